The summed E-state index contributed by atoms with van der Waals surface area (Å²) in [6.07, 6.45) is 1.17. The van der Waals surface area contributed by atoms with Crippen LogP contribution in [0.15, 0.2) is 30.4 Å². The predicted octanol–water partition coefficient (Wildman–Crippen LogP) is 7.66. The zero-order valence-corrected chi connectivity index (χ0v) is 22.4. The van der Waals surface area contributed by atoms with Gasteiger partial charge < -0.3 is 10.1 Å². The van der Waals surface area contributed by atoms with Crippen LogP contribution in [-0.4, -0.2) is 29.0 Å². The van der Waals surface area contributed by atoms with Crippen molar-refractivity contribution in [1.82, 2.24) is 9.97 Å². The van der Waals surface area contributed by atoms with Crippen LogP contribution < -0.4 is 5.32 Å². The van der Waals surface area contributed by atoms with Crippen molar-refractivity contribution < 1.29 is 22.7 Å². The number of halogens is 5. The summed E-state index contributed by atoms with van der Waals surface area (Å²) in [6, 6.07) is 3.18. The molecule has 0 aliphatic heterocycles. The standard InChI is InChI=1S/C26H32Cl2F3N3O2/c1-5-14-36-15-13-16(3)22(35)12-8-10-19-21(6-2)33-25(28)34-24(19)32-17(4)18-9-7-11-20(23(18)27)26(29,30)31/h7-9,11-12,16-17H,5-6,10,13-15H2,1-4H3,(H,32,33,34)/b12-8+. The smallest absolute Gasteiger partial charge is 0.381 e. The molecule has 5 nitrogen and oxygen atoms in total. The largest absolute Gasteiger partial charge is 0.417 e. The van der Waals surface area contributed by atoms with Crippen molar-refractivity contribution in [3.63, 3.8) is 0 Å². The maximum Gasteiger partial charge on any atom is 0.417 e. The minimum Gasteiger partial charge on any atom is -0.381 e. The Hall–Kier alpha value is -2.16. The second kappa shape index (κ2) is 14.0. The Morgan fingerprint density at radius 3 is 2.53 bits per heavy atom. The lowest BCUT2D eigenvalue weighted by molar-refractivity contribution is -0.137. The Labute approximate surface area is 220 Å². The van der Waals surface area contributed by atoms with Gasteiger partial charge in [-0.15, -0.1) is 0 Å². The van der Waals surface area contributed by atoms with E-state index in [2.05, 4.69) is 15.3 Å². The zero-order valence-electron chi connectivity index (χ0n) is 20.9. The summed E-state index contributed by atoms with van der Waals surface area (Å²) in [5.74, 6) is 0.193. The van der Waals surface area contributed by atoms with Gasteiger partial charge >= 0.3 is 6.18 Å². The normalized spacial score (nSPS) is 13.7. The molecule has 2 aromatic rings. The van der Waals surface area contributed by atoms with Crippen molar-refractivity contribution in [2.75, 3.05) is 18.5 Å². The summed E-state index contributed by atoms with van der Waals surface area (Å²) < 4.78 is 45.4. The van der Waals surface area contributed by atoms with E-state index in [1.807, 2.05) is 20.8 Å². The van der Waals surface area contributed by atoms with Gasteiger partial charge in [-0.2, -0.15) is 13.2 Å². The lowest BCUT2D eigenvalue weighted by atomic mass is 10.0. The number of anilines is 1. The Balaban J connectivity index is 2.24. The number of aromatic nitrogens is 2. The van der Waals surface area contributed by atoms with Crippen molar-refractivity contribution in [1.29, 1.82) is 0 Å². The van der Waals surface area contributed by atoms with Crippen molar-refractivity contribution in [3.05, 3.63) is 63.0 Å². The molecule has 0 fully saturated rings. The Morgan fingerprint density at radius 2 is 1.89 bits per heavy atom. The fourth-order valence-electron chi connectivity index (χ4n) is 3.62. The molecule has 2 atom stereocenters. The van der Waals surface area contributed by atoms with Crippen LogP contribution in [0.3, 0.4) is 0 Å². The number of aryl methyl sites for hydroxylation is 1. The molecular weight excluding hydrogens is 514 g/mol. The number of rotatable bonds is 13. The Morgan fingerprint density at radius 1 is 1.17 bits per heavy atom. The number of nitrogens with one attached hydrogen (secondary N) is 1. The quantitative estimate of drug-likeness (QED) is 0.159. The third-order valence-corrected chi connectivity index (χ3v) is 6.28. The molecule has 10 heteroatoms. The molecule has 0 aliphatic rings. The highest BCUT2D eigenvalue weighted by molar-refractivity contribution is 6.32. The maximum absolute atomic E-state index is 13.3. The average Bonchev–Trinajstić information content (AvgIpc) is 2.81. The number of hydrogen-bond acceptors (Lipinski definition) is 5. The van der Waals surface area contributed by atoms with Crippen molar-refractivity contribution in [2.45, 2.75) is 65.6 Å². The highest BCUT2D eigenvalue weighted by Crippen LogP contribution is 2.38. The van der Waals surface area contributed by atoms with E-state index in [1.165, 1.54) is 18.2 Å². The van der Waals surface area contributed by atoms with Crippen molar-refractivity contribution in [2.24, 2.45) is 5.92 Å². The number of nitrogens with zero attached hydrogens (tertiary/aromatic N) is 2. The predicted molar refractivity (Wildman–Crippen MR) is 138 cm³/mol. The Kier molecular flexibility index (Phi) is 11.7. The number of allylic oxidation sites excluding steroid dienone is 2. The van der Waals surface area contributed by atoms with Gasteiger partial charge in [0.05, 0.1) is 22.3 Å². The summed E-state index contributed by atoms with van der Waals surface area (Å²) in [5, 5.41) is 2.78. The lowest BCUT2D eigenvalue weighted by Gasteiger charge is -2.21. The van der Waals surface area contributed by atoms with Gasteiger partial charge in [-0.05, 0) is 61.9 Å². The molecular formula is C26H32Cl2F3N3O2. The fourth-order valence-corrected chi connectivity index (χ4v) is 4.20. The van der Waals surface area contributed by atoms with Crippen molar-refractivity contribution in [3.8, 4) is 0 Å². The van der Waals surface area contributed by atoms with E-state index in [-0.39, 0.29) is 27.6 Å². The summed E-state index contributed by atoms with van der Waals surface area (Å²) in [6.45, 7) is 8.69. The van der Waals surface area contributed by atoms with E-state index >= 15 is 0 Å². The average molecular weight is 546 g/mol. The molecule has 36 heavy (non-hydrogen) atoms. The minimum atomic E-state index is -4.57. The molecule has 0 radical (unpaired) electrons. The second-order valence-electron chi connectivity index (χ2n) is 8.50. The highest BCUT2D eigenvalue weighted by Gasteiger charge is 2.34. The summed E-state index contributed by atoms with van der Waals surface area (Å²) in [5.41, 5.74) is 0.758. The molecule has 0 saturated carbocycles. The van der Waals surface area contributed by atoms with Crippen LogP contribution in [-0.2, 0) is 28.5 Å². The molecule has 1 N–H and O–H groups in total. The van der Waals surface area contributed by atoms with Crippen LogP contribution in [0.4, 0.5) is 19.0 Å². The molecule has 0 spiro atoms. The molecule has 0 saturated heterocycles. The Bertz CT molecular complexity index is 1060. The third-order valence-electron chi connectivity index (χ3n) is 5.69. The third kappa shape index (κ3) is 8.46. The van der Waals surface area contributed by atoms with Gasteiger partial charge in [0.15, 0.2) is 5.78 Å². The number of carbonyl (C=O) groups excluding carboxylic acids is 1. The first-order valence-corrected chi connectivity index (χ1v) is 12.7. The molecule has 1 aromatic carbocycles. The monoisotopic (exact) mass is 545 g/mol. The van der Waals surface area contributed by atoms with Gasteiger partial charge in [-0.25, -0.2) is 9.97 Å². The van der Waals surface area contributed by atoms with Crippen molar-refractivity contribution >= 4 is 34.8 Å². The molecule has 1 aromatic heterocycles. The highest BCUT2D eigenvalue weighted by atomic mass is 35.5. The first kappa shape index (κ1) is 30.1. The zero-order chi connectivity index (χ0) is 26.9. The van der Waals surface area contributed by atoms with E-state index in [1.54, 1.807) is 13.0 Å². The number of hydrogen-bond donors (Lipinski definition) is 1. The topological polar surface area (TPSA) is 64.1 Å². The van der Waals surface area contributed by atoms with Crippen LogP contribution in [0.2, 0.25) is 10.3 Å². The van der Waals surface area contributed by atoms with Gasteiger partial charge in [0.1, 0.15) is 5.82 Å². The van der Waals surface area contributed by atoms with Gasteiger partial charge in [0.2, 0.25) is 5.28 Å². The van der Waals surface area contributed by atoms with Crippen LogP contribution >= 0.6 is 23.2 Å². The van der Waals surface area contributed by atoms with Gasteiger partial charge in [0.25, 0.3) is 0 Å². The van der Waals surface area contributed by atoms with Gasteiger partial charge in [-0.1, -0.05) is 50.6 Å². The molecule has 198 valence electrons. The molecule has 0 amide bonds. The molecule has 0 aliphatic carbocycles. The molecule has 2 rings (SSSR count). The lowest BCUT2D eigenvalue weighted by Crippen LogP contribution is -2.15. The second-order valence-corrected chi connectivity index (χ2v) is 9.22. The molecule has 0 bridgehead atoms. The van der Waals surface area contributed by atoms with Crippen LogP contribution in [0, 0.1) is 5.92 Å². The summed E-state index contributed by atoms with van der Waals surface area (Å²) in [4.78, 5) is 21.1. The first-order valence-electron chi connectivity index (χ1n) is 11.9. The number of carbonyl (C=O) groups is 1. The number of benzene rings is 1. The summed E-state index contributed by atoms with van der Waals surface area (Å²) in [7, 11) is 0. The van der Waals surface area contributed by atoms with Crippen LogP contribution in [0.25, 0.3) is 0 Å². The van der Waals surface area contributed by atoms with E-state index in [0.29, 0.717) is 49.6 Å². The number of alkyl halides is 3. The van der Waals surface area contributed by atoms with Gasteiger partial charge in [-0.3, -0.25) is 4.79 Å². The van der Waals surface area contributed by atoms with Crippen LogP contribution in [0.1, 0.15) is 69.0 Å². The first-order chi connectivity index (χ1) is 17.0. The van der Waals surface area contributed by atoms with Crippen LogP contribution in [0.5, 0.6) is 0 Å². The molecule has 2 unspecified atom stereocenters. The summed E-state index contributed by atoms with van der Waals surface area (Å²) >= 11 is 12.2. The number of ether oxygens (including phenoxy) is 1. The van der Waals surface area contributed by atoms with E-state index in [4.69, 9.17) is 27.9 Å². The van der Waals surface area contributed by atoms with E-state index in [0.717, 1.165) is 12.5 Å². The van der Waals surface area contributed by atoms with E-state index < -0.39 is 17.8 Å². The SMILES string of the molecule is CCCOCCC(C)C(=O)/C=C/Cc1c(CC)nc(Cl)nc1NC(C)c1cccc(C(F)(F)F)c1Cl. The molecule has 1 heterocycles. The fraction of sp³-hybridized carbons (Fsp3) is 0.500. The van der Waals surface area contributed by atoms with E-state index in [9.17, 15) is 18.0 Å². The van der Waals surface area contributed by atoms with Gasteiger partial charge in [0, 0.05) is 24.7 Å². The number of ketones is 1. The maximum atomic E-state index is 13.3. The minimum absolute atomic E-state index is 0.0124.